The maximum atomic E-state index is 12.3. The Balaban J connectivity index is 1.69. The summed E-state index contributed by atoms with van der Waals surface area (Å²) in [4.78, 5) is 25.3. The summed E-state index contributed by atoms with van der Waals surface area (Å²) in [5, 5.41) is 1.05. The highest BCUT2D eigenvalue weighted by Crippen LogP contribution is 2.26. The average molecular weight is 391 g/mol. The Morgan fingerprint density at radius 1 is 1.21 bits per heavy atom. The highest BCUT2D eigenvalue weighted by Gasteiger charge is 2.23. The molecular weight excluding hydrogens is 368 g/mol. The summed E-state index contributed by atoms with van der Waals surface area (Å²) >= 11 is 3.52. The van der Waals surface area contributed by atoms with E-state index in [2.05, 4.69) is 50.7 Å². The molecule has 1 aromatic carbocycles. The van der Waals surface area contributed by atoms with Crippen molar-refractivity contribution in [3.05, 3.63) is 29.0 Å². The zero-order chi connectivity index (χ0) is 17.1. The number of benzene rings is 1. The fourth-order valence-corrected chi connectivity index (χ4v) is 3.37. The lowest BCUT2D eigenvalue weighted by molar-refractivity contribution is -0.131. The van der Waals surface area contributed by atoms with E-state index in [1.54, 1.807) is 6.33 Å². The van der Waals surface area contributed by atoms with Gasteiger partial charge in [0, 0.05) is 42.5 Å². The molecule has 0 saturated carbocycles. The molecule has 128 valence electrons. The molecule has 3 rings (SSSR count). The van der Waals surface area contributed by atoms with Gasteiger partial charge in [-0.2, -0.15) is 0 Å². The van der Waals surface area contributed by atoms with Crippen molar-refractivity contribution in [3.8, 4) is 0 Å². The largest absolute Gasteiger partial charge is 0.352 e. The highest BCUT2D eigenvalue weighted by molar-refractivity contribution is 9.10. The van der Waals surface area contributed by atoms with Gasteiger partial charge in [-0.25, -0.2) is 9.97 Å². The van der Waals surface area contributed by atoms with Crippen LogP contribution in [0.4, 0.5) is 5.82 Å². The molecule has 1 aliphatic rings. The molecule has 0 spiro atoms. The summed E-state index contributed by atoms with van der Waals surface area (Å²) in [6.07, 6.45) is 3.23. The Kier molecular flexibility index (Phi) is 5.33. The van der Waals surface area contributed by atoms with Crippen LogP contribution in [0.25, 0.3) is 10.9 Å². The van der Waals surface area contributed by atoms with Gasteiger partial charge in [0.2, 0.25) is 5.91 Å². The number of hydrogen-bond donors (Lipinski definition) is 0. The molecule has 0 radical (unpaired) electrons. The van der Waals surface area contributed by atoms with Gasteiger partial charge >= 0.3 is 0 Å². The van der Waals surface area contributed by atoms with Crippen LogP contribution < -0.4 is 4.90 Å². The van der Waals surface area contributed by atoms with E-state index in [1.807, 2.05) is 17.0 Å². The molecule has 6 heteroatoms. The number of piperazine rings is 1. The maximum Gasteiger partial charge on any atom is 0.222 e. The number of nitrogens with zero attached hydrogens (tertiary/aromatic N) is 4. The molecule has 24 heavy (non-hydrogen) atoms. The first kappa shape index (κ1) is 17.1. The van der Waals surface area contributed by atoms with Gasteiger partial charge in [0.25, 0.3) is 0 Å². The van der Waals surface area contributed by atoms with Gasteiger partial charge in [-0.3, -0.25) is 4.79 Å². The molecule has 1 saturated heterocycles. The molecule has 0 unspecified atom stereocenters. The maximum absolute atomic E-state index is 12.3. The summed E-state index contributed by atoms with van der Waals surface area (Å²) in [5.74, 6) is 1.80. The quantitative estimate of drug-likeness (QED) is 0.801. The van der Waals surface area contributed by atoms with Crippen molar-refractivity contribution >= 4 is 38.6 Å². The number of anilines is 1. The predicted molar refractivity (Wildman–Crippen MR) is 100 cm³/mol. The molecular formula is C18H23BrN4O. The molecule has 0 N–H and O–H groups in total. The Morgan fingerprint density at radius 3 is 2.67 bits per heavy atom. The van der Waals surface area contributed by atoms with Crippen LogP contribution in [0.2, 0.25) is 0 Å². The van der Waals surface area contributed by atoms with E-state index in [9.17, 15) is 4.79 Å². The third-order valence-electron chi connectivity index (χ3n) is 4.44. The van der Waals surface area contributed by atoms with Crippen LogP contribution in [0.5, 0.6) is 0 Å². The van der Waals surface area contributed by atoms with Crippen LogP contribution in [0.3, 0.4) is 0 Å². The number of carbonyl (C=O) groups is 1. The SMILES string of the molecule is CC(C)CCC(=O)N1CCN(c2ncnc3ccc(Br)cc23)CC1. The van der Waals surface area contributed by atoms with Crippen LogP contribution in [0.1, 0.15) is 26.7 Å². The minimum absolute atomic E-state index is 0.277. The molecule has 2 heterocycles. The first-order valence-corrected chi connectivity index (χ1v) is 9.27. The van der Waals surface area contributed by atoms with Gasteiger partial charge in [0.15, 0.2) is 0 Å². The monoisotopic (exact) mass is 390 g/mol. The van der Waals surface area contributed by atoms with Crippen LogP contribution in [-0.4, -0.2) is 47.0 Å². The van der Waals surface area contributed by atoms with Gasteiger partial charge in [-0.15, -0.1) is 0 Å². The predicted octanol–water partition coefficient (Wildman–Crippen LogP) is 3.48. The lowest BCUT2D eigenvalue weighted by atomic mass is 10.1. The first-order chi connectivity index (χ1) is 11.5. The Hall–Kier alpha value is -1.69. The molecule has 1 aliphatic heterocycles. The van der Waals surface area contributed by atoms with E-state index in [0.29, 0.717) is 12.3 Å². The van der Waals surface area contributed by atoms with E-state index in [1.165, 1.54) is 0 Å². The lowest BCUT2D eigenvalue weighted by Gasteiger charge is -2.36. The van der Waals surface area contributed by atoms with E-state index < -0.39 is 0 Å². The first-order valence-electron chi connectivity index (χ1n) is 8.47. The Bertz CT molecular complexity index is 726. The van der Waals surface area contributed by atoms with Crippen molar-refractivity contribution in [1.82, 2.24) is 14.9 Å². The topological polar surface area (TPSA) is 49.3 Å². The normalized spacial score (nSPS) is 15.3. The van der Waals surface area contributed by atoms with Crippen molar-refractivity contribution in [2.24, 2.45) is 5.92 Å². The number of fused-ring (bicyclic) bond motifs is 1. The number of amides is 1. The number of halogens is 1. The van der Waals surface area contributed by atoms with Crippen LogP contribution in [0, 0.1) is 5.92 Å². The zero-order valence-electron chi connectivity index (χ0n) is 14.2. The van der Waals surface area contributed by atoms with E-state index in [0.717, 1.165) is 53.8 Å². The standard InChI is InChI=1S/C18H23BrN4O/c1-13(2)3-6-17(24)22-7-9-23(10-8-22)18-15-11-14(19)4-5-16(15)20-12-21-18/h4-5,11-13H,3,6-10H2,1-2H3. The van der Waals surface area contributed by atoms with Gasteiger partial charge in [-0.1, -0.05) is 29.8 Å². The minimum atomic E-state index is 0.277. The summed E-state index contributed by atoms with van der Waals surface area (Å²) in [5.41, 5.74) is 0.943. The van der Waals surface area contributed by atoms with E-state index in [-0.39, 0.29) is 5.91 Å². The molecule has 0 bridgehead atoms. The summed E-state index contributed by atoms with van der Waals surface area (Å²) in [6.45, 7) is 7.46. The van der Waals surface area contributed by atoms with Gasteiger partial charge in [-0.05, 0) is 30.5 Å². The molecule has 0 atom stereocenters. The molecule has 2 aromatic rings. The van der Waals surface area contributed by atoms with Crippen LogP contribution in [0.15, 0.2) is 29.0 Å². The van der Waals surface area contributed by atoms with Crippen molar-refractivity contribution < 1.29 is 4.79 Å². The number of hydrogen-bond acceptors (Lipinski definition) is 4. The fourth-order valence-electron chi connectivity index (χ4n) is 3.01. The second-order valence-corrected chi connectivity index (χ2v) is 7.57. The third-order valence-corrected chi connectivity index (χ3v) is 4.94. The zero-order valence-corrected chi connectivity index (χ0v) is 15.8. The smallest absolute Gasteiger partial charge is 0.222 e. The summed E-state index contributed by atoms with van der Waals surface area (Å²) < 4.78 is 1.02. The third kappa shape index (κ3) is 3.86. The number of rotatable bonds is 4. The highest BCUT2D eigenvalue weighted by atomic mass is 79.9. The van der Waals surface area contributed by atoms with Crippen LogP contribution >= 0.6 is 15.9 Å². The van der Waals surface area contributed by atoms with E-state index in [4.69, 9.17) is 0 Å². The Labute approximate surface area is 151 Å². The fraction of sp³-hybridized carbons (Fsp3) is 0.500. The van der Waals surface area contributed by atoms with Crippen molar-refractivity contribution in [3.63, 3.8) is 0 Å². The molecule has 1 aromatic heterocycles. The second kappa shape index (κ2) is 7.47. The number of aromatic nitrogens is 2. The number of carbonyl (C=O) groups excluding carboxylic acids is 1. The van der Waals surface area contributed by atoms with Gasteiger partial charge < -0.3 is 9.80 Å². The van der Waals surface area contributed by atoms with Crippen molar-refractivity contribution in [2.75, 3.05) is 31.1 Å². The molecule has 1 amide bonds. The minimum Gasteiger partial charge on any atom is -0.352 e. The van der Waals surface area contributed by atoms with Gasteiger partial charge in [0.05, 0.1) is 5.52 Å². The summed E-state index contributed by atoms with van der Waals surface area (Å²) in [7, 11) is 0. The lowest BCUT2D eigenvalue weighted by Crippen LogP contribution is -2.49. The van der Waals surface area contributed by atoms with Gasteiger partial charge in [0.1, 0.15) is 12.1 Å². The summed E-state index contributed by atoms with van der Waals surface area (Å²) in [6, 6.07) is 6.05. The Morgan fingerprint density at radius 2 is 1.96 bits per heavy atom. The molecule has 1 fully saturated rings. The molecule has 0 aliphatic carbocycles. The average Bonchev–Trinajstić information content (AvgIpc) is 2.59. The van der Waals surface area contributed by atoms with Crippen molar-refractivity contribution in [1.29, 1.82) is 0 Å². The van der Waals surface area contributed by atoms with Crippen LogP contribution in [-0.2, 0) is 4.79 Å². The molecule has 5 nitrogen and oxygen atoms in total. The van der Waals surface area contributed by atoms with Crippen molar-refractivity contribution in [2.45, 2.75) is 26.7 Å². The second-order valence-electron chi connectivity index (χ2n) is 6.66. The van der Waals surface area contributed by atoms with E-state index >= 15 is 0 Å².